The Bertz CT molecular complexity index is 318. The molecule has 0 saturated carbocycles. The lowest BCUT2D eigenvalue weighted by atomic mass is 10.1. The molecule has 1 aromatic carbocycles. The Kier molecular flexibility index (Phi) is 3.51. The molecule has 1 rings (SSSR count). The summed E-state index contributed by atoms with van der Waals surface area (Å²) in [5.41, 5.74) is 1.07. The number of benzene rings is 1. The van der Waals surface area contributed by atoms with Crippen LogP contribution in [0.25, 0.3) is 0 Å². The lowest BCUT2D eigenvalue weighted by Gasteiger charge is -2.22. The summed E-state index contributed by atoms with van der Waals surface area (Å²) in [6.45, 7) is 6.42. The number of hydrogen-bond donors (Lipinski definition) is 0. The molecule has 0 N–H and O–H groups in total. The summed E-state index contributed by atoms with van der Waals surface area (Å²) in [4.78, 5) is 0. The van der Waals surface area contributed by atoms with E-state index in [0.717, 1.165) is 5.56 Å². The van der Waals surface area contributed by atoms with Crippen molar-refractivity contribution in [1.29, 1.82) is 0 Å². The summed E-state index contributed by atoms with van der Waals surface area (Å²) in [6.07, 6.45) is 5.27. The van der Waals surface area contributed by atoms with Crippen LogP contribution in [-0.2, 0) is 4.43 Å². The van der Waals surface area contributed by atoms with Gasteiger partial charge in [-0.15, -0.1) is 6.42 Å². The van der Waals surface area contributed by atoms with E-state index in [4.69, 9.17) is 10.8 Å². The lowest BCUT2D eigenvalue weighted by Crippen LogP contribution is -2.27. The minimum atomic E-state index is -1.57. The average Bonchev–Trinajstić information content (AvgIpc) is 2.14. The first-order valence-corrected chi connectivity index (χ1v) is 8.12. The molecule has 0 amide bonds. The summed E-state index contributed by atoms with van der Waals surface area (Å²) >= 11 is 0. The van der Waals surface area contributed by atoms with Crippen LogP contribution in [0.4, 0.5) is 0 Å². The van der Waals surface area contributed by atoms with Crippen molar-refractivity contribution in [3.63, 3.8) is 0 Å². The van der Waals surface area contributed by atoms with Gasteiger partial charge in [-0.1, -0.05) is 36.3 Å². The van der Waals surface area contributed by atoms with Gasteiger partial charge in [0.1, 0.15) is 6.10 Å². The second-order valence-electron chi connectivity index (χ2n) is 4.19. The zero-order valence-corrected chi connectivity index (χ0v) is 9.95. The Morgan fingerprint density at radius 1 is 1.21 bits per heavy atom. The third-order valence-corrected chi connectivity index (χ3v) is 2.67. The minimum absolute atomic E-state index is 0.192. The normalized spacial score (nSPS) is 13.3. The van der Waals surface area contributed by atoms with Crippen LogP contribution in [0.15, 0.2) is 30.3 Å². The standard InChI is InChI=1S/C12H16OSi/c1-5-12(13-14(2,3)4)11-9-7-6-8-10-11/h1,6-10,12H,2-4H3. The molecule has 0 saturated heterocycles. The van der Waals surface area contributed by atoms with E-state index in [1.165, 1.54) is 0 Å². The van der Waals surface area contributed by atoms with E-state index < -0.39 is 8.32 Å². The fourth-order valence-electron chi connectivity index (χ4n) is 1.18. The first kappa shape index (κ1) is 11.0. The van der Waals surface area contributed by atoms with Gasteiger partial charge in [0.15, 0.2) is 8.32 Å². The maximum absolute atomic E-state index is 5.88. The molecule has 1 nitrogen and oxygen atoms in total. The monoisotopic (exact) mass is 204 g/mol. The van der Waals surface area contributed by atoms with Crippen molar-refractivity contribution in [1.82, 2.24) is 0 Å². The highest BCUT2D eigenvalue weighted by molar-refractivity contribution is 6.69. The molecule has 0 radical (unpaired) electrons. The van der Waals surface area contributed by atoms with E-state index in [1.54, 1.807) is 0 Å². The van der Waals surface area contributed by atoms with Crippen molar-refractivity contribution in [3.8, 4) is 12.3 Å². The highest BCUT2D eigenvalue weighted by Gasteiger charge is 2.20. The topological polar surface area (TPSA) is 9.23 Å². The molecule has 0 aliphatic carbocycles. The van der Waals surface area contributed by atoms with E-state index in [0.29, 0.717) is 0 Å². The Hall–Kier alpha value is -1.04. The number of terminal acetylenes is 1. The number of rotatable bonds is 3. The highest BCUT2D eigenvalue weighted by atomic mass is 28.4. The fraction of sp³-hybridized carbons (Fsp3) is 0.333. The maximum Gasteiger partial charge on any atom is 0.185 e. The third kappa shape index (κ3) is 3.37. The van der Waals surface area contributed by atoms with E-state index in [-0.39, 0.29) is 6.10 Å². The molecule has 74 valence electrons. The average molecular weight is 204 g/mol. The van der Waals surface area contributed by atoms with E-state index in [9.17, 15) is 0 Å². The van der Waals surface area contributed by atoms with Gasteiger partial charge >= 0.3 is 0 Å². The Morgan fingerprint density at radius 2 is 1.79 bits per heavy atom. The van der Waals surface area contributed by atoms with Crippen molar-refractivity contribution in [3.05, 3.63) is 35.9 Å². The predicted molar refractivity (Wildman–Crippen MR) is 62.4 cm³/mol. The molecular weight excluding hydrogens is 188 g/mol. The van der Waals surface area contributed by atoms with Gasteiger partial charge in [0.25, 0.3) is 0 Å². The predicted octanol–water partition coefficient (Wildman–Crippen LogP) is 3.21. The molecule has 0 aliphatic rings. The van der Waals surface area contributed by atoms with Crippen LogP contribution in [0.3, 0.4) is 0 Å². The molecule has 14 heavy (non-hydrogen) atoms. The van der Waals surface area contributed by atoms with Gasteiger partial charge in [-0.3, -0.25) is 0 Å². The van der Waals surface area contributed by atoms with Crippen LogP contribution in [0.2, 0.25) is 19.6 Å². The van der Waals surface area contributed by atoms with Gasteiger partial charge in [-0.25, -0.2) is 0 Å². The number of hydrogen-bond acceptors (Lipinski definition) is 1. The third-order valence-electron chi connectivity index (χ3n) is 1.73. The molecule has 0 spiro atoms. The molecule has 0 aliphatic heterocycles. The molecular formula is C12H16OSi. The van der Waals surface area contributed by atoms with Crippen LogP contribution in [-0.4, -0.2) is 8.32 Å². The van der Waals surface area contributed by atoms with Crippen molar-refractivity contribution in [2.45, 2.75) is 25.7 Å². The van der Waals surface area contributed by atoms with E-state index >= 15 is 0 Å². The van der Waals surface area contributed by atoms with E-state index in [2.05, 4.69) is 25.6 Å². The zero-order chi connectivity index (χ0) is 10.6. The molecule has 0 aromatic heterocycles. The van der Waals surface area contributed by atoms with Crippen LogP contribution >= 0.6 is 0 Å². The van der Waals surface area contributed by atoms with Gasteiger partial charge in [0.2, 0.25) is 0 Å². The van der Waals surface area contributed by atoms with Crippen molar-refractivity contribution < 1.29 is 4.43 Å². The molecule has 0 heterocycles. The van der Waals surface area contributed by atoms with Crippen LogP contribution in [0.5, 0.6) is 0 Å². The second kappa shape index (κ2) is 4.45. The largest absolute Gasteiger partial charge is 0.400 e. The molecule has 0 bridgehead atoms. The Balaban J connectivity index is 2.80. The molecule has 1 unspecified atom stereocenters. The molecule has 1 atom stereocenters. The fourth-order valence-corrected chi connectivity index (χ4v) is 2.09. The van der Waals surface area contributed by atoms with E-state index in [1.807, 2.05) is 30.3 Å². The smallest absolute Gasteiger partial charge is 0.185 e. The van der Waals surface area contributed by atoms with Crippen molar-refractivity contribution >= 4 is 8.32 Å². The minimum Gasteiger partial charge on any atom is -0.400 e. The van der Waals surface area contributed by atoms with Crippen molar-refractivity contribution in [2.24, 2.45) is 0 Å². The quantitative estimate of drug-likeness (QED) is 0.542. The van der Waals surface area contributed by atoms with Crippen LogP contribution in [0, 0.1) is 12.3 Å². The molecule has 2 heteroatoms. The van der Waals surface area contributed by atoms with Crippen LogP contribution < -0.4 is 0 Å². The zero-order valence-electron chi connectivity index (χ0n) is 8.95. The summed E-state index contributed by atoms with van der Waals surface area (Å²) in [5, 5.41) is 0. The van der Waals surface area contributed by atoms with Gasteiger partial charge in [0, 0.05) is 0 Å². The SMILES string of the molecule is C#CC(O[Si](C)(C)C)c1ccccc1. The summed E-state index contributed by atoms with van der Waals surface area (Å²) in [5.74, 6) is 2.69. The van der Waals surface area contributed by atoms with Crippen LogP contribution in [0.1, 0.15) is 11.7 Å². The van der Waals surface area contributed by atoms with Gasteiger partial charge < -0.3 is 4.43 Å². The lowest BCUT2D eigenvalue weighted by molar-refractivity contribution is 0.257. The molecule has 0 fully saturated rings. The van der Waals surface area contributed by atoms with Crippen molar-refractivity contribution in [2.75, 3.05) is 0 Å². The highest BCUT2D eigenvalue weighted by Crippen LogP contribution is 2.20. The van der Waals surface area contributed by atoms with Gasteiger partial charge in [-0.2, -0.15) is 0 Å². The summed E-state index contributed by atoms with van der Waals surface area (Å²) in [7, 11) is -1.57. The Labute approximate surface area is 87.2 Å². The van der Waals surface area contributed by atoms with Gasteiger partial charge in [0.05, 0.1) is 0 Å². The first-order valence-electron chi connectivity index (χ1n) is 4.72. The summed E-state index contributed by atoms with van der Waals surface area (Å²) < 4.78 is 5.88. The maximum atomic E-state index is 5.88. The second-order valence-corrected chi connectivity index (χ2v) is 8.65. The first-order chi connectivity index (χ1) is 6.53. The van der Waals surface area contributed by atoms with Gasteiger partial charge in [-0.05, 0) is 25.2 Å². The molecule has 1 aromatic rings. The summed E-state index contributed by atoms with van der Waals surface area (Å²) in [6, 6.07) is 9.95. The Morgan fingerprint density at radius 3 is 2.21 bits per heavy atom.